The van der Waals surface area contributed by atoms with Crippen LogP contribution in [-0.2, 0) is 4.74 Å². The summed E-state index contributed by atoms with van der Waals surface area (Å²) in [6.07, 6.45) is 4.17. The Kier molecular flexibility index (Phi) is 6.45. The Balaban J connectivity index is 3.75. The summed E-state index contributed by atoms with van der Waals surface area (Å²) >= 11 is 0. The van der Waals surface area contributed by atoms with Gasteiger partial charge in [-0.2, -0.15) is 0 Å². The Labute approximate surface area is 77.5 Å². The summed E-state index contributed by atoms with van der Waals surface area (Å²) in [5.74, 6) is 1.54. The van der Waals surface area contributed by atoms with Gasteiger partial charge in [-0.15, -0.1) is 0 Å². The van der Waals surface area contributed by atoms with Gasteiger partial charge in [-0.25, -0.2) is 0 Å². The predicted molar refractivity (Wildman–Crippen MR) is 54.3 cm³/mol. The molecule has 0 aliphatic carbocycles. The van der Waals surface area contributed by atoms with Crippen molar-refractivity contribution in [2.75, 3.05) is 7.11 Å². The third-order valence-electron chi connectivity index (χ3n) is 2.81. The maximum atomic E-state index is 5.41. The maximum absolute atomic E-state index is 5.41. The first-order chi connectivity index (χ1) is 5.65. The van der Waals surface area contributed by atoms with Crippen molar-refractivity contribution in [2.24, 2.45) is 11.8 Å². The van der Waals surface area contributed by atoms with Crippen molar-refractivity contribution in [3.05, 3.63) is 0 Å². The summed E-state index contributed by atoms with van der Waals surface area (Å²) in [5.41, 5.74) is 0. The molecule has 0 radical (unpaired) electrons. The van der Waals surface area contributed by atoms with E-state index in [-0.39, 0.29) is 0 Å². The van der Waals surface area contributed by atoms with Crippen LogP contribution in [-0.4, -0.2) is 13.2 Å². The lowest BCUT2D eigenvalue weighted by Crippen LogP contribution is -2.21. The maximum Gasteiger partial charge on any atom is 0.0594 e. The van der Waals surface area contributed by atoms with E-state index in [1.165, 1.54) is 12.8 Å². The number of hydrogen-bond donors (Lipinski definition) is 0. The van der Waals surface area contributed by atoms with E-state index in [1.807, 2.05) is 7.11 Å². The van der Waals surface area contributed by atoms with Crippen molar-refractivity contribution >= 4 is 0 Å². The van der Waals surface area contributed by atoms with E-state index in [4.69, 9.17) is 4.74 Å². The normalized spacial score (nSPS) is 18.8. The highest BCUT2D eigenvalue weighted by atomic mass is 16.5. The molecule has 3 atom stereocenters. The summed E-state index contributed by atoms with van der Waals surface area (Å²) in [5, 5.41) is 0. The third-order valence-corrected chi connectivity index (χ3v) is 2.81. The van der Waals surface area contributed by atoms with Gasteiger partial charge in [0.1, 0.15) is 0 Å². The molecule has 0 amide bonds. The summed E-state index contributed by atoms with van der Waals surface area (Å²) < 4.78 is 5.41. The number of ether oxygens (including phenoxy) is 1. The second-order valence-corrected chi connectivity index (χ2v) is 3.91. The molecule has 0 aromatic heterocycles. The van der Waals surface area contributed by atoms with Gasteiger partial charge in [0.25, 0.3) is 0 Å². The smallest absolute Gasteiger partial charge is 0.0594 e. The molecular formula is C11H24O. The van der Waals surface area contributed by atoms with Gasteiger partial charge in [0.2, 0.25) is 0 Å². The third kappa shape index (κ3) is 4.10. The Bertz CT molecular complexity index is 97.2. The van der Waals surface area contributed by atoms with Crippen molar-refractivity contribution in [1.29, 1.82) is 0 Å². The molecule has 0 aliphatic heterocycles. The Morgan fingerprint density at radius 1 is 1.08 bits per heavy atom. The highest BCUT2D eigenvalue weighted by molar-refractivity contribution is 4.66. The zero-order chi connectivity index (χ0) is 9.56. The molecule has 0 aromatic rings. The second kappa shape index (κ2) is 6.47. The minimum atomic E-state index is 0.457. The monoisotopic (exact) mass is 172 g/mol. The highest BCUT2D eigenvalue weighted by Gasteiger charge is 2.16. The molecular weight excluding hydrogens is 148 g/mol. The van der Waals surface area contributed by atoms with E-state index in [9.17, 15) is 0 Å². The summed E-state index contributed by atoms with van der Waals surface area (Å²) in [6.45, 7) is 9.06. The van der Waals surface area contributed by atoms with Gasteiger partial charge in [0.05, 0.1) is 6.10 Å². The standard InChI is InChI=1S/C11H24O/c1-6-9(3)8-10(4)11(7-2)12-5/h9-11H,6-8H2,1-5H3. The molecule has 0 bridgehead atoms. The average molecular weight is 172 g/mol. The van der Waals surface area contributed by atoms with Crippen LogP contribution in [0.15, 0.2) is 0 Å². The quantitative estimate of drug-likeness (QED) is 0.596. The number of rotatable bonds is 6. The van der Waals surface area contributed by atoms with Crippen LogP contribution in [0, 0.1) is 11.8 Å². The molecule has 0 aromatic carbocycles. The summed E-state index contributed by atoms with van der Waals surface area (Å²) in [7, 11) is 1.82. The van der Waals surface area contributed by atoms with E-state index in [0.717, 1.165) is 12.3 Å². The molecule has 0 saturated carbocycles. The predicted octanol–water partition coefficient (Wildman–Crippen LogP) is 3.48. The molecule has 0 rings (SSSR count). The van der Waals surface area contributed by atoms with Crippen LogP contribution in [0.1, 0.15) is 47.0 Å². The van der Waals surface area contributed by atoms with Crippen molar-refractivity contribution < 1.29 is 4.74 Å². The fraction of sp³-hybridized carbons (Fsp3) is 1.00. The zero-order valence-corrected chi connectivity index (χ0v) is 9.26. The molecule has 1 nitrogen and oxygen atoms in total. The SMILES string of the molecule is CCC(C)CC(C)C(CC)OC. The van der Waals surface area contributed by atoms with Crippen molar-refractivity contribution in [3.8, 4) is 0 Å². The molecule has 0 saturated heterocycles. The van der Waals surface area contributed by atoms with Gasteiger partial charge < -0.3 is 4.74 Å². The number of methoxy groups -OCH3 is 1. The lowest BCUT2D eigenvalue weighted by molar-refractivity contribution is 0.0468. The number of hydrogen-bond acceptors (Lipinski definition) is 1. The van der Waals surface area contributed by atoms with Crippen molar-refractivity contribution in [2.45, 2.75) is 53.1 Å². The molecule has 0 heterocycles. The van der Waals surface area contributed by atoms with Crippen LogP contribution in [0.5, 0.6) is 0 Å². The molecule has 0 spiro atoms. The van der Waals surface area contributed by atoms with E-state index in [2.05, 4.69) is 27.7 Å². The molecule has 1 heteroatoms. The van der Waals surface area contributed by atoms with Crippen LogP contribution in [0.2, 0.25) is 0 Å². The first-order valence-corrected chi connectivity index (χ1v) is 5.18. The molecule has 0 aliphatic rings. The van der Waals surface area contributed by atoms with Gasteiger partial charge in [0.15, 0.2) is 0 Å². The first-order valence-electron chi connectivity index (χ1n) is 5.18. The molecule has 0 N–H and O–H groups in total. The van der Waals surface area contributed by atoms with E-state index in [0.29, 0.717) is 12.0 Å². The second-order valence-electron chi connectivity index (χ2n) is 3.91. The van der Waals surface area contributed by atoms with Crippen LogP contribution < -0.4 is 0 Å². The van der Waals surface area contributed by atoms with Crippen LogP contribution in [0.25, 0.3) is 0 Å². The largest absolute Gasteiger partial charge is 0.381 e. The van der Waals surface area contributed by atoms with Gasteiger partial charge >= 0.3 is 0 Å². The fourth-order valence-electron chi connectivity index (χ4n) is 1.75. The Hall–Kier alpha value is -0.0400. The van der Waals surface area contributed by atoms with Crippen LogP contribution >= 0.6 is 0 Å². The topological polar surface area (TPSA) is 9.23 Å². The Morgan fingerprint density at radius 2 is 1.67 bits per heavy atom. The van der Waals surface area contributed by atoms with Crippen molar-refractivity contribution in [3.63, 3.8) is 0 Å². The van der Waals surface area contributed by atoms with E-state index in [1.54, 1.807) is 0 Å². The van der Waals surface area contributed by atoms with Gasteiger partial charge in [0, 0.05) is 7.11 Å². The van der Waals surface area contributed by atoms with Crippen molar-refractivity contribution in [1.82, 2.24) is 0 Å². The molecule has 12 heavy (non-hydrogen) atoms. The average Bonchev–Trinajstić information content (AvgIpc) is 2.06. The summed E-state index contributed by atoms with van der Waals surface area (Å²) in [6, 6.07) is 0. The molecule has 3 unspecified atom stereocenters. The molecule has 74 valence electrons. The van der Waals surface area contributed by atoms with Crippen LogP contribution in [0.3, 0.4) is 0 Å². The molecule has 0 fully saturated rings. The summed E-state index contributed by atoms with van der Waals surface area (Å²) in [4.78, 5) is 0. The first kappa shape index (κ1) is 12.0. The Morgan fingerprint density at radius 3 is 2.00 bits per heavy atom. The minimum absolute atomic E-state index is 0.457. The highest BCUT2D eigenvalue weighted by Crippen LogP contribution is 2.20. The zero-order valence-electron chi connectivity index (χ0n) is 9.26. The fourth-order valence-corrected chi connectivity index (χ4v) is 1.75. The van der Waals surface area contributed by atoms with E-state index < -0.39 is 0 Å². The van der Waals surface area contributed by atoms with Crippen LogP contribution in [0.4, 0.5) is 0 Å². The lowest BCUT2D eigenvalue weighted by atomic mass is 9.90. The van der Waals surface area contributed by atoms with Gasteiger partial charge in [-0.1, -0.05) is 34.1 Å². The lowest BCUT2D eigenvalue weighted by Gasteiger charge is -2.23. The van der Waals surface area contributed by atoms with Gasteiger partial charge in [-0.05, 0) is 24.7 Å². The minimum Gasteiger partial charge on any atom is -0.381 e. The van der Waals surface area contributed by atoms with Gasteiger partial charge in [-0.3, -0.25) is 0 Å². The van der Waals surface area contributed by atoms with E-state index >= 15 is 0 Å².